The number of hydrogen-bond acceptors (Lipinski definition) is 7. The molecule has 0 saturated carbocycles. The maximum absolute atomic E-state index is 12.1. The SMILES string of the molecule is COC(=O)c1cc(/C=N\NC(=O)c2ccccc2)c(O)c(/C=N/NC(=O)c2ccccc2)c1. The Kier molecular flexibility index (Phi) is 7.63. The predicted molar refractivity (Wildman–Crippen MR) is 122 cm³/mol. The minimum Gasteiger partial charge on any atom is -0.507 e. The fourth-order valence-electron chi connectivity index (χ4n) is 2.74. The largest absolute Gasteiger partial charge is 0.507 e. The van der Waals surface area contributed by atoms with E-state index < -0.39 is 17.8 Å². The Morgan fingerprint density at radius 2 is 1.18 bits per heavy atom. The van der Waals surface area contributed by atoms with Crippen LogP contribution >= 0.6 is 0 Å². The van der Waals surface area contributed by atoms with Gasteiger partial charge in [0.1, 0.15) is 5.75 Å². The van der Waals surface area contributed by atoms with E-state index in [4.69, 9.17) is 4.74 Å². The number of hydrazone groups is 2. The summed E-state index contributed by atoms with van der Waals surface area (Å²) in [5.41, 5.74) is 5.87. The van der Waals surface area contributed by atoms with Crippen LogP contribution in [-0.2, 0) is 4.74 Å². The summed E-state index contributed by atoms with van der Waals surface area (Å²) in [7, 11) is 1.22. The predicted octanol–water partition coefficient (Wildman–Crippen LogP) is 2.71. The van der Waals surface area contributed by atoms with Gasteiger partial charge in [0.2, 0.25) is 0 Å². The molecule has 9 heteroatoms. The van der Waals surface area contributed by atoms with Crippen LogP contribution < -0.4 is 10.9 Å². The molecule has 0 spiro atoms. The van der Waals surface area contributed by atoms with Crippen molar-refractivity contribution in [1.29, 1.82) is 0 Å². The zero-order chi connectivity index (χ0) is 23.6. The van der Waals surface area contributed by atoms with Gasteiger partial charge in [0.05, 0.1) is 25.1 Å². The monoisotopic (exact) mass is 444 g/mol. The summed E-state index contributed by atoms with van der Waals surface area (Å²) in [5.74, 6) is -1.80. The summed E-state index contributed by atoms with van der Waals surface area (Å²) < 4.78 is 4.74. The van der Waals surface area contributed by atoms with E-state index in [0.717, 1.165) is 0 Å². The molecule has 0 fully saturated rings. The summed E-state index contributed by atoms with van der Waals surface area (Å²) in [5, 5.41) is 18.3. The molecule has 166 valence electrons. The first kappa shape index (κ1) is 22.9. The topological polar surface area (TPSA) is 129 Å². The number of ether oxygens (including phenoxy) is 1. The second-order valence-electron chi connectivity index (χ2n) is 6.63. The van der Waals surface area contributed by atoms with Crippen LogP contribution in [-0.4, -0.2) is 42.4 Å². The Morgan fingerprint density at radius 1 is 0.758 bits per heavy atom. The first-order valence-corrected chi connectivity index (χ1v) is 9.72. The third-order valence-electron chi connectivity index (χ3n) is 4.40. The van der Waals surface area contributed by atoms with Gasteiger partial charge in [0.15, 0.2) is 0 Å². The quantitative estimate of drug-likeness (QED) is 0.293. The molecule has 0 aliphatic rings. The second kappa shape index (κ2) is 11.0. The first-order valence-electron chi connectivity index (χ1n) is 9.72. The highest BCUT2D eigenvalue weighted by Gasteiger charge is 2.14. The Morgan fingerprint density at radius 3 is 1.58 bits per heavy atom. The first-order chi connectivity index (χ1) is 16.0. The zero-order valence-electron chi connectivity index (χ0n) is 17.6. The third-order valence-corrected chi connectivity index (χ3v) is 4.40. The second-order valence-corrected chi connectivity index (χ2v) is 6.63. The van der Waals surface area contributed by atoms with Gasteiger partial charge in [-0.3, -0.25) is 9.59 Å². The van der Waals surface area contributed by atoms with Crippen molar-refractivity contribution in [2.75, 3.05) is 7.11 Å². The van der Waals surface area contributed by atoms with Crippen molar-refractivity contribution in [1.82, 2.24) is 10.9 Å². The number of methoxy groups -OCH3 is 1. The van der Waals surface area contributed by atoms with Crippen LogP contribution in [0.2, 0.25) is 0 Å². The van der Waals surface area contributed by atoms with Gasteiger partial charge in [-0.25, -0.2) is 15.6 Å². The lowest BCUT2D eigenvalue weighted by Gasteiger charge is -2.07. The van der Waals surface area contributed by atoms with Crippen LogP contribution in [0.15, 0.2) is 83.0 Å². The number of carbonyl (C=O) groups is 3. The molecule has 33 heavy (non-hydrogen) atoms. The van der Waals surface area contributed by atoms with Crippen LogP contribution in [0.3, 0.4) is 0 Å². The number of esters is 1. The van der Waals surface area contributed by atoms with Gasteiger partial charge in [-0.2, -0.15) is 10.2 Å². The van der Waals surface area contributed by atoms with Crippen LogP contribution in [0.5, 0.6) is 5.75 Å². The summed E-state index contributed by atoms with van der Waals surface area (Å²) in [4.78, 5) is 36.2. The summed E-state index contributed by atoms with van der Waals surface area (Å²) >= 11 is 0. The van der Waals surface area contributed by atoms with E-state index in [1.807, 2.05) is 0 Å². The average Bonchev–Trinajstić information content (AvgIpc) is 2.86. The molecule has 0 saturated heterocycles. The molecule has 0 aliphatic heterocycles. The molecule has 3 aromatic carbocycles. The molecule has 0 aromatic heterocycles. The summed E-state index contributed by atoms with van der Waals surface area (Å²) in [6.45, 7) is 0. The summed E-state index contributed by atoms with van der Waals surface area (Å²) in [6, 6.07) is 19.6. The average molecular weight is 444 g/mol. The smallest absolute Gasteiger partial charge is 0.337 e. The van der Waals surface area contributed by atoms with Crippen molar-refractivity contribution in [3.05, 3.63) is 101 Å². The van der Waals surface area contributed by atoms with Crippen LogP contribution in [0.25, 0.3) is 0 Å². The van der Waals surface area contributed by atoms with Crippen LogP contribution in [0, 0.1) is 0 Å². The number of nitrogens with zero attached hydrogens (tertiary/aromatic N) is 2. The fourth-order valence-corrected chi connectivity index (χ4v) is 2.74. The minimum atomic E-state index is -0.652. The highest BCUT2D eigenvalue weighted by Crippen LogP contribution is 2.22. The molecule has 0 unspecified atom stereocenters. The molecule has 3 rings (SSSR count). The van der Waals surface area contributed by atoms with Gasteiger partial charge < -0.3 is 9.84 Å². The normalized spacial score (nSPS) is 10.8. The van der Waals surface area contributed by atoms with Crippen molar-refractivity contribution in [2.24, 2.45) is 10.2 Å². The lowest BCUT2D eigenvalue weighted by Crippen LogP contribution is -2.17. The van der Waals surface area contributed by atoms with E-state index in [0.29, 0.717) is 11.1 Å². The number of rotatable bonds is 7. The summed E-state index contributed by atoms with van der Waals surface area (Å²) in [6.07, 6.45) is 2.37. The Balaban J connectivity index is 1.80. The van der Waals surface area contributed by atoms with E-state index in [2.05, 4.69) is 21.1 Å². The van der Waals surface area contributed by atoms with E-state index in [1.54, 1.807) is 60.7 Å². The molecule has 0 bridgehead atoms. The number of phenols is 1. The van der Waals surface area contributed by atoms with Gasteiger partial charge >= 0.3 is 5.97 Å². The van der Waals surface area contributed by atoms with Crippen molar-refractivity contribution in [3.63, 3.8) is 0 Å². The standard InChI is InChI=1S/C24H20N4O5/c1-33-24(32)18-12-19(14-25-27-22(30)16-8-4-2-5-9-16)21(29)20(13-18)15-26-28-23(31)17-10-6-3-7-11-17/h2-15,29H,1H3,(H,27,30)(H,28,31)/b25-14-,26-15+. The van der Waals surface area contributed by atoms with Crippen molar-refractivity contribution in [3.8, 4) is 5.75 Å². The van der Waals surface area contributed by atoms with Crippen LogP contribution in [0.4, 0.5) is 0 Å². The van der Waals surface area contributed by atoms with Gasteiger partial charge in [-0.15, -0.1) is 0 Å². The van der Waals surface area contributed by atoms with Gasteiger partial charge in [-0.05, 0) is 36.4 Å². The van der Waals surface area contributed by atoms with Gasteiger partial charge in [0.25, 0.3) is 11.8 Å². The molecule has 0 heterocycles. The molecule has 9 nitrogen and oxygen atoms in total. The molecule has 0 radical (unpaired) electrons. The Hall–Kier alpha value is -4.79. The van der Waals surface area contributed by atoms with E-state index in [9.17, 15) is 19.5 Å². The molecule has 3 N–H and O–H groups in total. The maximum atomic E-state index is 12.1. The zero-order valence-corrected chi connectivity index (χ0v) is 17.6. The molecule has 0 atom stereocenters. The van der Waals surface area contributed by atoms with E-state index in [-0.39, 0.29) is 22.4 Å². The minimum absolute atomic E-state index is 0.113. The highest BCUT2D eigenvalue weighted by atomic mass is 16.5. The van der Waals surface area contributed by atoms with Gasteiger partial charge in [-0.1, -0.05) is 36.4 Å². The van der Waals surface area contributed by atoms with Crippen molar-refractivity contribution >= 4 is 30.2 Å². The van der Waals surface area contributed by atoms with Gasteiger partial charge in [0, 0.05) is 22.3 Å². The van der Waals surface area contributed by atoms with Crippen LogP contribution in [0.1, 0.15) is 42.2 Å². The van der Waals surface area contributed by atoms with Crippen molar-refractivity contribution in [2.45, 2.75) is 0 Å². The fraction of sp³-hybridized carbons (Fsp3) is 0.0417. The number of aromatic hydroxyl groups is 1. The number of amides is 2. The lowest BCUT2D eigenvalue weighted by atomic mass is 10.0. The molecular weight excluding hydrogens is 424 g/mol. The number of phenolic OH excluding ortho intramolecular Hbond substituents is 1. The third kappa shape index (κ3) is 6.11. The number of benzene rings is 3. The number of carbonyl (C=O) groups excluding carboxylic acids is 3. The maximum Gasteiger partial charge on any atom is 0.337 e. The Bertz CT molecular complexity index is 1120. The number of hydrogen-bond donors (Lipinski definition) is 3. The molecule has 2 amide bonds. The molecule has 0 aliphatic carbocycles. The number of nitrogens with one attached hydrogen (secondary N) is 2. The Labute approximate surface area is 189 Å². The molecule has 3 aromatic rings. The highest BCUT2D eigenvalue weighted by molar-refractivity contribution is 6.00. The van der Waals surface area contributed by atoms with E-state index in [1.165, 1.54) is 31.7 Å². The van der Waals surface area contributed by atoms with Crippen molar-refractivity contribution < 1.29 is 24.2 Å². The van der Waals surface area contributed by atoms with E-state index >= 15 is 0 Å². The lowest BCUT2D eigenvalue weighted by molar-refractivity contribution is 0.0600. The molecular formula is C24H20N4O5.